The first-order valence-electron chi connectivity index (χ1n) is 4.98. The van der Waals surface area contributed by atoms with Gasteiger partial charge < -0.3 is 14.5 Å². The minimum Gasteiger partial charge on any atom is -0.481 e. The molecule has 0 fully saturated rings. The van der Waals surface area contributed by atoms with E-state index < -0.39 is 5.97 Å². The fourth-order valence-electron chi connectivity index (χ4n) is 1.52. The van der Waals surface area contributed by atoms with Crippen LogP contribution in [0.1, 0.15) is 17.9 Å². The van der Waals surface area contributed by atoms with Crippen LogP contribution in [0.15, 0.2) is 22.8 Å². The summed E-state index contributed by atoms with van der Waals surface area (Å²) >= 11 is 0. The lowest BCUT2D eigenvalue weighted by atomic mass is 10.3. The molecule has 0 radical (unpaired) electrons. The number of aromatic nitrogens is 2. The fraction of sp³-hybridized carbons (Fsp3) is 0.273. The summed E-state index contributed by atoms with van der Waals surface area (Å²) < 4.78 is 5.24. The zero-order valence-electron chi connectivity index (χ0n) is 8.86. The van der Waals surface area contributed by atoms with Crippen molar-refractivity contribution in [1.29, 1.82) is 0 Å². The van der Waals surface area contributed by atoms with Crippen LogP contribution in [-0.4, -0.2) is 21.0 Å². The molecule has 84 valence electrons. The number of nitrogens with one attached hydrogen (secondary N) is 1. The van der Waals surface area contributed by atoms with Gasteiger partial charge in [-0.05, 0) is 19.1 Å². The summed E-state index contributed by atoms with van der Waals surface area (Å²) in [7, 11) is 0. The highest BCUT2D eigenvalue weighted by Crippen LogP contribution is 2.21. The van der Waals surface area contributed by atoms with Crippen LogP contribution in [0.4, 0.5) is 0 Å². The highest BCUT2D eigenvalue weighted by atomic mass is 16.4. The van der Waals surface area contributed by atoms with Gasteiger partial charge in [-0.25, -0.2) is 4.98 Å². The predicted octanol–water partition coefficient (Wildman–Crippen LogP) is 2.00. The number of carboxylic acid groups (broad SMARTS) is 1. The fourth-order valence-corrected chi connectivity index (χ4v) is 1.52. The van der Waals surface area contributed by atoms with Gasteiger partial charge in [0.2, 0.25) is 0 Å². The van der Waals surface area contributed by atoms with Crippen LogP contribution in [0.25, 0.3) is 11.5 Å². The summed E-state index contributed by atoms with van der Waals surface area (Å²) in [6.45, 7) is 1.88. The maximum atomic E-state index is 10.4. The molecule has 5 heteroatoms. The van der Waals surface area contributed by atoms with Gasteiger partial charge >= 0.3 is 5.97 Å². The van der Waals surface area contributed by atoms with Crippen LogP contribution in [0, 0.1) is 6.92 Å². The minimum absolute atomic E-state index is 0.0740. The molecule has 2 aromatic heterocycles. The number of carboxylic acids is 1. The van der Waals surface area contributed by atoms with Gasteiger partial charge in [0.1, 0.15) is 11.5 Å². The van der Waals surface area contributed by atoms with Gasteiger partial charge in [0.25, 0.3) is 0 Å². The molecule has 2 N–H and O–H groups in total. The molecule has 0 aromatic carbocycles. The average Bonchev–Trinajstić information content (AvgIpc) is 2.83. The number of hydrogen-bond acceptors (Lipinski definition) is 3. The van der Waals surface area contributed by atoms with Gasteiger partial charge in [-0.15, -0.1) is 0 Å². The van der Waals surface area contributed by atoms with Gasteiger partial charge in [-0.1, -0.05) is 0 Å². The van der Waals surface area contributed by atoms with Gasteiger partial charge in [0.05, 0.1) is 12.7 Å². The number of aryl methyl sites for hydroxylation is 2. The van der Waals surface area contributed by atoms with Crippen LogP contribution in [0.3, 0.4) is 0 Å². The van der Waals surface area contributed by atoms with E-state index >= 15 is 0 Å². The number of H-pyrrole nitrogens is 1. The Morgan fingerprint density at radius 1 is 1.62 bits per heavy atom. The molecule has 0 aliphatic rings. The normalized spacial score (nSPS) is 10.6. The molecule has 0 saturated carbocycles. The predicted molar refractivity (Wildman–Crippen MR) is 57.0 cm³/mol. The van der Waals surface area contributed by atoms with Gasteiger partial charge in [-0.2, -0.15) is 0 Å². The van der Waals surface area contributed by atoms with Crippen molar-refractivity contribution in [2.45, 2.75) is 19.8 Å². The van der Waals surface area contributed by atoms with E-state index in [1.54, 1.807) is 12.3 Å². The zero-order valence-corrected chi connectivity index (χ0v) is 8.86. The molecular weight excluding hydrogens is 208 g/mol. The first kappa shape index (κ1) is 10.5. The molecular formula is C11H12N2O3. The summed E-state index contributed by atoms with van der Waals surface area (Å²) in [5.74, 6) is 0.537. The highest BCUT2D eigenvalue weighted by molar-refractivity contribution is 5.67. The van der Waals surface area contributed by atoms with Crippen molar-refractivity contribution in [2.75, 3.05) is 0 Å². The molecule has 0 atom stereocenters. The number of nitrogens with zero attached hydrogens (tertiary/aromatic N) is 1. The number of carbonyl (C=O) groups is 1. The van der Waals surface area contributed by atoms with Crippen molar-refractivity contribution in [3.63, 3.8) is 0 Å². The van der Waals surface area contributed by atoms with E-state index in [1.165, 1.54) is 0 Å². The standard InChI is InChI=1S/C11H12N2O3/c1-7-11(8-3-2-6-16-8)13-9(12-7)4-5-10(14)15/h2-3,6H,4-5H2,1H3,(H,12,13)(H,14,15). The van der Waals surface area contributed by atoms with Crippen molar-refractivity contribution < 1.29 is 14.3 Å². The lowest BCUT2D eigenvalue weighted by Crippen LogP contribution is -1.98. The van der Waals surface area contributed by atoms with Crippen molar-refractivity contribution >= 4 is 5.97 Å². The van der Waals surface area contributed by atoms with Gasteiger partial charge in [-0.3, -0.25) is 4.79 Å². The topological polar surface area (TPSA) is 79.1 Å². The molecule has 2 rings (SSSR count). The molecule has 0 aliphatic carbocycles. The Morgan fingerprint density at radius 3 is 3.06 bits per heavy atom. The van der Waals surface area contributed by atoms with Crippen molar-refractivity contribution in [2.24, 2.45) is 0 Å². The molecule has 16 heavy (non-hydrogen) atoms. The lowest BCUT2D eigenvalue weighted by Gasteiger charge is -1.91. The molecule has 0 aliphatic heterocycles. The lowest BCUT2D eigenvalue weighted by molar-refractivity contribution is -0.137. The molecule has 0 saturated heterocycles. The minimum atomic E-state index is -0.825. The number of aliphatic carboxylic acids is 1. The summed E-state index contributed by atoms with van der Waals surface area (Å²) in [5, 5.41) is 8.57. The second-order valence-corrected chi connectivity index (χ2v) is 3.53. The van der Waals surface area contributed by atoms with Crippen molar-refractivity contribution in [3.8, 4) is 11.5 Å². The van der Waals surface area contributed by atoms with Gasteiger partial charge in [0.15, 0.2) is 5.76 Å². The largest absolute Gasteiger partial charge is 0.481 e. The van der Waals surface area contributed by atoms with Crippen LogP contribution in [0.5, 0.6) is 0 Å². The number of hydrogen-bond donors (Lipinski definition) is 2. The summed E-state index contributed by atoms with van der Waals surface area (Å²) in [4.78, 5) is 17.8. The Balaban J connectivity index is 2.19. The maximum Gasteiger partial charge on any atom is 0.303 e. The molecule has 2 aromatic rings. The first-order chi connectivity index (χ1) is 7.66. The van der Waals surface area contributed by atoms with Crippen LogP contribution in [-0.2, 0) is 11.2 Å². The first-order valence-corrected chi connectivity index (χ1v) is 4.98. The quantitative estimate of drug-likeness (QED) is 0.825. The summed E-state index contributed by atoms with van der Waals surface area (Å²) in [6, 6.07) is 3.62. The van der Waals surface area contributed by atoms with Crippen molar-refractivity contribution in [1.82, 2.24) is 9.97 Å². The van der Waals surface area contributed by atoms with E-state index in [4.69, 9.17) is 9.52 Å². The Hall–Kier alpha value is -2.04. The highest BCUT2D eigenvalue weighted by Gasteiger charge is 2.11. The third kappa shape index (κ3) is 2.13. The van der Waals surface area contributed by atoms with E-state index in [-0.39, 0.29) is 6.42 Å². The van der Waals surface area contributed by atoms with Crippen LogP contribution in [0.2, 0.25) is 0 Å². The molecule has 5 nitrogen and oxygen atoms in total. The van der Waals surface area contributed by atoms with E-state index in [2.05, 4.69) is 9.97 Å². The third-order valence-corrected chi connectivity index (χ3v) is 2.26. The Kier molecular flexibility index (Phi) is 2.76. The monoisotopic (exact) mass is 220 g/mol. The molecule has 0 bridgehead atoms. The van der Waals surface area contributed by atoms with Crippen LogP contribution >= 0.6 is 0 Å². The summed E-state index contributed by atoms with van der Waals surface area (Å²) in [5.41, 5.74) is 1.63. The Labute approximate surface area is 92.1 Å². The Morgan fingerprint density at radius 2 is 2.44 bits per heavy atom. The smallest absolute Gasteiger partial charge is 0.303 e. The number of aromatic amines is 1. The number of furan rings is 1. The number of imidazole rings is 1. The second-order valence-electron chi connectivity index (χ2n) is 3.53. The van der Waals surface area contributed by atoms with Gasteiger partial charge in [0, 0.05) is 12.1 Å². The molecule has 0 amide bonds. The molecule has 0 unspecified atom stereocenters. The zero-order chi connectivity index (χ0) is 11.5. The molecule has 0 spiro atoms. The SMILES string of the molecule is Cc1[nH]c(CCC(=O)O)nc1-c1ccco1. The molecule has 2 heterocycles. The van der Waals surface area contributed by atoms with E-state index in [1.807, 2.05) is 13.0 Å². The average molecular weight is 220 g/mol. The van der Waals surface area contributed by atoms with Crippen molar-refractivity contribution in [3.05, 3.63) is 29.9 Å². The number of rotatable bonds is 4. The summed E-state index contributed by atoms with van der Waals surface area (Å²) in [6.07, 6.45) is 2.06. The van der Waals surface area contributed by atoms with E-state index in [0.717, 1.165) is 11.4 Å². The maximum absolute atomic E-state index is 10.4. The third-order valence-electron chi connectivity index (χ3n) is 2.26. The Bertz CT molecular complexity index is 485. The van der Waals surface area contributed by atoms with Crippen LogP contribution < -0.4 is 0 Å². The van der Waals surface area contributed by atoms with E-state index in [0.29, 0.717) is 18.0 Å². The van der Waals surface area contributed by atoms with E-state index in [9.17, 15) is 4.79 Å². The second kappa shape index (κ2) is 4.22.